The summed E-state index contributed by atoms with van der Waals surface area (Å²) in [6.45, 7) is 7.04. The van der Waals surface area contributed by atoms with Gasteiger partial charge in [0.15, 0.2) is 0 Å². The molecule has 1 aliphatic heterocycles. The van der Waals surface area contributed by atoms with Gasteiger partial charge in [0.1, 0.15) is 11.5 Å². The Kier molecular flexibility index (Phi) is 4.99. The molecule has 0 bridgehead atoms. The van der Waals surface area contributed by atoms with Gasteiger partial charge in [-0.1, -0.05) is 17.3 Å². The van der Waals surface area contributed by atoms with Crippen molar-refractivity contribution < 1.29 is 14.4 Å². The Balaban J connectivity index is 1.46. The van der Waals surface area contributed by atoms with Gasteiger partial charge < -0.3 is 14.4 Å². The van der Waals surface area contributed by atoms with Gasteiger partial charge in [0.25, 0.3) is 0 Å². The summed E-state index contributed by atoms with van der Waals surface area (Å²) in [5.41, 5.74) is 4.80. The van der Waals surface area contributed by atoms with Crippen LogP contribution in [0.4, 0.5) is 0 Å². The maximum atomic E-state index is 10.1. The SMILES string of the molecule is COc1ccc(CN2CCC3(CCC3O)CC2)cc1Cc1c(C)noc1C. The molecule has 1 saturated carbocycles. The number of nitrogens with zero attached hydrogens (tertiary/aromatic N) is 2. The van der Waals surface area contributed by atoms with Gasteiger partial charge in [0.05, 0.1) is 18.9 Å². The Bertz CT molecular complexity index is 786. The molecule has 1 saturated heterocycles. The van der Waals surface area contributed by atoms with Crippen LogP contribution in [0.15, 0.2) is 22.7 Å². The quantitative estimate of drug-likeness (QED) is 0.871. The summed E-state index contributed by atoms with van der Waals surface area (Å²) in [4.78, 5) is 2.51. The van der Waals surface area contributed by atoms with E-state index in [1.165, 1.54) is 17.5 Å². The van der Waals surface area contributed by atoms with Gasteiger partial charge in [-0.05, 0) is 75.2 Å². The Morgan fingerprint density at radius 2 is 2.04 bits per heavy atom. The van der Waals surface area contributed by atoms with E-state index < -0.39 is 0 Å². The fraction of sp³-hybridized carbons (Fsp3) is 0.591. The van der Waals surface area contributed by atoms with Crippen molar-refractivity contribution in [1.82, 2.24) is 10.1 Å². The van der Waals surface area contributed by atoms with Gasteiger partial charge in [-0.3, -0.25) is 4.90 Å². The van der Waals surface area contributed by atoms with Gasteiger partial charge >= 0.3 is 0 Å². The predicted octanol–water partition coefficient (Wildman–Crippen LogP) is 3.63. The van der Waals surface area contributed by atoms with Crippen LogP contribution in [0.5, 0.6) is 5.75 Å². The average Bonchev–Trinajstić information content (AvgIpc) is 3.00. The Morgan fingerprint density at radius 3 is 2.59 bits per heavy atom. The molecule has 1 aromatic heterocycles. The third kappa shape index (κ3) is 3.50. The summed E-state index contributed by atoms with van der Waals surface area (Å²) in [7, 11) is 1.72. The number of rotatable bonds is 5. The molecule has 1 spiro atoms. The standard InChI is InChI=1S/C22H30N2O3/c1-15-19(16(2)27-23-15)13-18-12-17(4-5-20(18)26-3)14-24-10-8-22(9-11-24)7-6-21(22)25/h4-5,12,21,25H,6-11,13-14H2,1-3H3. The lowest BCUT2D eigenvalue weighted by Gasteiger charge is -2.51. The number of likely N-dealkylation sites (tertiary alicyclic amines) is 1. The van der Waals surface area contributed by atoms with Gasteiger partial charge in [0, 0.05) is 18.5 Å². The lowest BCUT2D eigenvalue weighted by molar-refractivity contribution is -0.100. The first-order valence-corrected chi connectivity index (χ1v) is 9.99. The van der Waals surface area contributed by atoms with E-state index in [2.05, 4.69) is 28.3 Å². The van der Waals surface area contributed by atoms with E-state index in [1.807, 2.05) is 13.8 Å². The van der Waals surface area contributed by atoms with Crippen LogP contribution in [0.25, 0.3) is 0 Å². The summed E-state index contributed by atoms with van der Waals surface area (Å²) in [6, 6.07) is 6.50. The lowest BCUT2D eigenvalue weighted by Crippen LogP contribution is -2.51. The third-order valence-electron chi connectivity index (χ3n) is 6.77. The van der Waals surface area contributed by atoms with Gasteiger partial charge in [0.2, 0.25) is 0 Å². The van der Waals surface area contributed by atoms with Crippen molar-refractivity contribution in [2.24, 2.45) is 5.41 Å². The number of hydrogen-bond donors (Lipinski definition) is 1. The second kappa shape index (κ2) is 7.28. The highest BCUT2D eigenvalue weighted by Gasteiger charge is 2.47. The first-order valence-electron chi connectivity index (χ1n) is 9.99. The van der Waals surface area contributed by atoms with Gasteiger partial charge in [-0.2, -0.15) is 0 Å². The molecule has 2 aromatic rings. The summed E-state index contributed by atoms with van der Waals surface area (Å²) < 4.78 is 10.9. The molecule has 4 rings (SSSR count). The molecule has 0 radical (unpaired) electrons. The maximum absolute atomic E-state index is 10.1. The van der Waals surface area contributed by atoms with Crippen LogP contribution in [-0.4, -0.2) is 41.5 Å². The van der Waals surface area contributed by atoms with E-state index in [4.69, 9.17) is 9.26 Å². The molecule has 1 aromatic carbocycles. The molecular weight excluding hydrogens is 340 g/mol. The monoisotopic (exact) mass is 370 g/mol. The number of aromatic nitrogens is 1. The van der Waals surface area contributed by atoms with Crippen LogP contribution in [0.1, 0.15) is 53.8 Å². The summed E-state index contributed by atoms with van der Waals surface area (Å²) in [5, 5.41) is 14.2. The zero-order valence-corrected chi connectivity index (χ0v) is 16.6. The van der Waals surface area contributed by atoms with Crippen LogP contribution >= 0.6 is 0 Å². The minimum atomic E-state index is -0.0673. The number of ether oxygens (including phenoxy) is 1. The van der Waals surface area contributed by atoms with Crippen molar-refractivity contribution in [1.29, 1.82) is 0 Å². The summed E-state index contributed by atoms with van der Waals surface area (Å²) in [5.74, 6) is 1.79. The molecule has 27 heavy (non-hydrogen) atoms. The van der Waals surface area contributed by atoms with E-state index in [1.54, 1.807) is 7.11 Å². The summed E-state index contributed by atoms with van der Waals surface area (Å²) in [6.07, 6.45) is 5.14. The maximum Gasteiger partial charge on any atom is 0.137 e. The largest absolute Gasteiger partial charge is 0.496 e. The fourth-order valence-corrected chi connectivity index (χ4v) is 4.69. The molecule has 2 aliphatic rings. The molecule has 2 fully saturated rings. The molecule has 0 amide bonds. The Labute approximate surface area is 161 Å². The van der Waals surface area contributed by atoms with E-state index in [0.29, 0.717) is 0 Å². The van der Waals surface area contributed by atoms with Gasteiger partial charge in [-0.15, -0.1) is 0 Å². The minimum Gasteiger partial charge on any atom is -0.496 e. The van der Waals surface area contributed by atoms with Crippen molar-refractivity contribution in [2.45, 2.75) is 58.6 Å². The smallest absolute Gasteiger partial charge is 0.137 e. The molecule has 5 heteroatoms. The van der Waals surface area contributed by atoms with Crippen molar-refractivity contribution in [3.05, 3.63) is 46.3 Å². The molecule has 146 valence electrons. The van der Waals surface area contributed by atoms with E-state index in [9.17, 15) is 5.11 Å². The molecule has 1 N–H and O–H groups in total. The molecule has 2 heterocycles. The minimum absolute atomic E-state index is 0.0673. The molecular formula is C22H30N2O3. The van der Waals surface area contributed by atoms with Crippen molar-refractivity contribution >= 4 is 0 Å². The number of aryl methyl sites for hydroxylation is 2. The number of aliphatic hydroxyl groups is 1. The van der Waals surface area contributed by atoms with Crippen LogP contribution in [-0.2, 0) is 13.0 Å². The zero-order chi connectivity index (χ0) is 19.0. The lowest BCUT2D eigenvalue weighted by atomic mass is 9.61. The Morgan fingerprint density at radius 1 is 1.26 bits per heavy atom. The van der Waals surface area contributed by atoms with E-state index in [0.717, 1.165) is 68.1 Å². The highest BCUT2D eigenvalue weighted by atomic mass is 16.5. The van der Waals surface area contributed by atoms with Crippen LogP contribution in [0, 0.1) is 19.3 Å². The van der Waals surface area contributed by atoms with Crippen LogP contribution < -0.4 is 4.74 Å². The fourth-order valence-electron chi connectivity index (χ4n) is 4.69. The number of benzene rings is 1. The van der Waals surface area contributed by atoms with Crippen molar-refractivity contribution in [3.63, 3.8) is 0 Å². The number of hydrogen-bond acceptors (Lipinski definition) is 5. The normalized spacial score (nSPS) is 22.0. The molecule has 1 aliphatic carbocycles. The summed E-state index contributed by atoms with van der Waals surface area (Å²) >= 11 is 0. The second-order valence-corrected chi connectivity index (χ2v) is 8.32. The second-order valence-electron chi connectivity index (χ2n) is 8.32. The highest BCUT2D eigenvalue weighted by Crippen LogP contribution is 2.49. The number of piperidine rings is 1. The highest BCUT2D eigenvalue weighted by molar-refractivity contribution is 5.41. The van der Waals surface area contributed by atoms with E-state index >= 15 is 0 Å². The van der Waals surface area contributed by atoms with Crippen molar-refractivity contribution in [3.8, 4) is 5.75 Å². The molecule has 1 atom stereocenters. The Hall–Kier alpha value is -1.85. The first kappa shape index (κ1) is 18.5. The molecule has 1 unspecified atom stereocenters. The number of aliphatic hydroxyl groups excluding tert-OH is 1. The molecule has 5 nitrogen and oxygen atoms in total. The average molecular weight is 370 g/mol. The van der Waals surface area contributed by atoms with Crippen LogP contribution in [0.2, 0.25) is 0 Å². The van der Waals surface area contributed by atoms with Gasteiger partial charge in [-0.25, -0.2) is 0 Å². The van der Waals surface area contributed by atoms with E-state index in [-0.39, 0.29) is 11.5 Å². The topological polar surface area (TPSA) is 58.7 Å². The third-order valence-corrected chi connectivity index (χ3v) is 6.77. The van der Waals surface area contributed by atoms with Crippen molar-refractivity contribution in [2.75, 3.05) is 20.2 Å². The van der Waals surface area contributed by atoms with Crippen LogP contribution in [0.3, 0.4) is 0 Å². The number of methoxy groups -OCH3 is 1. The first-order chi connectivity index (χ1) is 13.0. The predicted molar refractivity (Wildman–Crippen MR) is 104 cm³/mol. The zero-order valence-electron chi connectivity index (χ0n) is 16.6.